The quantitative estimate of drug-likeness (QED) is 0.869. The monoisotopic (exact) mass is 326 g/mol. The van der Waals surface area contributed by atoms with E-state index in [-0.39, 0.29) is 11.3 Å². The van der Waals surface area contributed by atoms with Crippen molar-refractivity contribution in [2.24, 2.45) is 0 Å². The predicted molar refractivity (Wildman–Crippen MR) is 67.3 cm³/mol. The summed E-state index contributed by atoms with van der Waals surface area (Å²) >= 11 is 0. The number of alkyl halides is 3. The van der Waals surface area contributed by atoms with Gasteiger partial charge >= 0.3 is 12.1 Å². The maximum atomic E-state index is 12.1. The van der Waals surface area contributed by atoms with Crippen LogP contribution in [-0.4, -0.2) is 38.5 Å². The lowest BCUT2D eigenvalue weighted by Gasteiger charge is -2.11. The van der Waals surface area contributed by atoms with E-state index in [9.17, 15) is 26.4 Å². The number of carboxylic acids is 1. The number of carboxylic acid groups (broad SMARTS) is 1. The molecule has 0 bridgehead atoms. The second-order valence-electron chi connectivity index (χ2n) is 4.21. The highest BCUT2D eigenvalue weighted by molar-refractivity contribution is 7.91. The van der Waals surface area contributed by atoms with Gasteiger partial charge in [0.1, 0.15) is 10.6 Å². The number of hydrogen-bond donors (Lipinski definition) is 1. The molecule has 1 aromatic rings. The number of methoxy groups -OCH3 is 1. The maximum Gasteiger partial charge on any atom is 0.389 e. The molecule has 0 saturated carbocycles. The smallest absolute Gasteiger partial charge is 0.389 e. The summed E-state index contributed by atoms with van der Waals surface area (Å²) in [7, 11) is -2.88. The van der Waals surface area contributed by atoms with E-state index in [1.165, 1.54) is 7.11 Å². The van der Waals surface area contributed by atoms with Crippen molar-refractivity contribution in [3.8, 4) is 5.75 Å². The maximum absolute atomic E-state index is 12.1. The Hall–Kier alpha value is -1.77. The number of aromatic carboxylic acids is 1. The van der Waals surface area contributed by atoms with Crippen LogP contribution < -0.4 is 4.74 Å². The van der Waals surface area contributed by atoms with Gasteiger partial charge in [-0.15, -0.1) is 0 Å². The minimum atomic E-state index is -4.44. The fourth-order valence-electron chi connectivity index (χ4n) is 1.63. The first kappa shape index (κ1) is 17.3. The summed E-state index contributed by atoms with van der Waals surface area (Å²) in [5.74, 6) is -2.19. The van der Waals surface area contributed by atoms with E-state index in [1.807, 2.05) is 0 Å². The van der Waals surface area contributed by atoms with Gasteiger partial charge in [-0.25, -0.2) is 13.2 Å². The Bertz CT molecular complexity index is 622. The van der Waals surface area contributed by atoms with Crippen LogP contribution in [0.1, 0.15) is 23.2 Å². The van der Waals surface area contributed by atoms with Gasteiger partial charge in [-0.2, -0.15) is 13.2 Å². The van der Waals surface area contributed by atoms with Crippen molar-refractivity contribution in [3.63, 3.8) is 0 Å². The Kier molecular flexibility index (Phi) is 5.21. The molecule has 0 aromatic heterocycles. The molecule has 0 aliphatic rings. The molecule has 1 aromatic carbocycles. The highest BCUT2D eigenvalue weighted by Gasteiger charge is 2.29. The SMILES string of the molecule is COc1ccc(C(=O)O)cc1S(=O)(=O)CCCC(F)(F)F. The van der Waals surface area contributed by atoms with E-state index in [1.54, 1.807) is 0 Å². The average molecular weight is 326 g/mol. The van der Waals surface area contributed by atoms with Crippen molar-refractivity contribution in [2.45, 2.75) is 23.9 Å². The Morgan fingerprint density at radius 2 is 1.95 bits per heavy atom. The molecule has 1 N–H and O–H groups in total. The molecule has 9 heteroatoms. The minimum absolute atomic E-state index is 0.105. The van der Waals surface area contributed by atoms with Gasteiger partial charge in [0, 0.05) is 6.42 Å². The van der Waals surface area contributed by atoms with Crippen LogP contribution in [0, 0.1) is 0 Å². The number of ether oxygens (including phenoxy) is 1. The average Bonchev–Trinajstić information content (AvgIpc) is 2.36. The van der Waals surface area contributed by atoms with Gasteiger partial charge in [0.05, 0.1) is 18.4 Å². The normalized spacial score (nSPS) is 12.2. The van der Waals surface area contributed by atoms with Crippen LogP contribution in [0.5, 0.6) is 5.75 Å². The van der Waals surface area contributed by atoms with Crippen molar-refractivity contribution in [3.05, 3.63) is 23.8 Å². The molecule has 0 radical (unpaired) electrons. The van der Waals surface area contributed by atoms with Crippen molar-refractivity contribution in [1.82, 2.24) is 0 Å². The van der Waals surface area contributed by atoms with E-state index in [4.69, 9.17) is 9.84 Å². The number of benzene rings is 1. The van der Waals surface area contributed by atoms with E-state index in [0.29, 0.717) is 0 Å². The first-order valence-corrected chi connectivity index (χ1v) is 7.43. The molecule has 0 unspecified atom stereocenters. The van der Waals surface area contributed by atoms with Gasteiger partial charge in [0.15, 0.2) is 9.84 Å². The summed E-state index contributed by atoms with van der Waals surface area (Å²) in [6.45, 7) is 0. The van der Waals surface area contributed by atoms with Crippen LogP contribution in [0.4, 0.5) is 13.2 Å². The summed E-state index contributed by atoms with van der Waals surface area (Å²) in [6, 6.07) is 3.18. The highest BCUT2D eigenvalue weighted by Crippen LogP contribution is 2.28. The fraction of sp³-hybridized carbons (Fsp3) is 0.417. The third-order valence-electron chi connectivity index (χ3n) is 2.62. The second-order valence-corrected chi connectivity index (χ2v) is 6.29. The predicted octanol–water partition coefficient (Wildman–Crippen LogP) is 2.51. The summed E-state index contributed by atoms with van der Waals surface area (Å²) in [6.07, 6.45) is -6.28. The Labute approximate surface area is 119 Å². The highest BCUT2D eigenvalue weighted by atomic mass is 32.2. The van der Waals surface area contributed by atoms with Gasteiger partial charge in [0.2, 0.25) is 0 Å². The molecule has 0 aliphatic heterocycles. The molecular weight excluding hydrogens is 313 g/mol. The number of hydrogen-bond acceptors (Lipinski definition) is 4. The second kappa shape index (κ2) is 6.33. The zero-order valence-corrected chi connectivity index (χ0v) is 11.8. The molecule has 118 valence electrons. The van der Waals surface area contributed by atoms with Gasteiger partial charge in [-0.3, -0.25) is 0 Å². The molecule has 0 heterocycles. The van der Waals surface area contributed by atoms with Crippen LogP contribution in [0.15, 0.2) is 23.1 Å². The Morgan fingerprint density at radius 1 is 1.33 bits per heavy atom. The topological polar surface area (TPSA) is 80.7 Å². The van der Waals surface area contributed by atoms with Crippen molar-refractivity contribution >= 4 is 15.8 Å². The lowest BCUT2D eigenvalue weighted by atomic mass is 10.2. The van der Waals surface area contributed by atoms with Crippen LogP contribution in [0.2, 0.25) is 0 Å². The molecule has 0 amide bonds. The molecule has 5 nitrogen and oxygen atoms in total. The Balaban J connectivity index is 3.06. The molecule has 0 fully saturated rings. The Morgan fingerprint density at radius 3 is 2.43 bits per heavy atom. The van der Waals surface area contributed by atoms with E-state index < -0.39 is 45.5 Å². The van der Waals surface area contributed by atoms with Crippen LogP contribution >= 0.6 is 0 Å². The standard InChI is InChI=1S/C12H13F3O5S/c1-20-9-4-3-8(11(16)17)7-10(9)21(18,19)6-2-5-12(13,14)15/h3-4,7H,2,5-6H2,1H3,(H,16,17). The summed E-state index contributed by atoms with van der Waals surface area (Å²) in [5.41, 5.74) is -0.287. The molecule has 0 saturated heterocycles. The largest absolute Gasteiger partial charge is 0.495 e. The third kappa shape index (κ3) is 4.92. The fourth-order valence-corrected chi connectivity index (χ4v) is 3.13. The van der Waals surface area contributed by atoms with Crippen molar-refractivity contribution in [2.75, 3.05) is 12.9 Å². The van der Waals surface area contributed by atoms with Crippen LogP contribution in [0.3, 0.4) is 0 Å². The molecular formula is C12H13F3O5S. The molecule has 1 rings (SSSR count). The van der Waals surface area contributed by atoms with Gasteiger partial charge < -0.3 is 9.84 Å². The van der Waals surface area contributed by atoms with Crippen LogP contribution in [0.25, 0.3) is 0 Å². The summed E-state index contributed by atoms with van der Waals surface area (Å²) < 4.78 is 65.0. The zero-order chi connectivity index (χ0) is 16.3. The van der Waals surface area contributed by atoms with Crippen molar-refractivity contribution in [1.29, 1.82) is 0 Å². The lowest BCUT2D eigenvalue weighted by Crippen LogP contribution is -2.14. The summed E-state index contributed by atoms with van der Waals surface area (Å²) in [5, 5.41) is 8.84. The van der Waals surface area contributed by atoms with E-state index in [2.05, 4.69) is 0 Å². The van der Waals surface area contributed by atoms with Crippen molar-refractivity contribution < 1.29 is 36.2 Å². The number of halogens is 3. The molecule has 0 atom stereocenters. The first-order valence-electron chi connectivity index (χ1n) is 5.77. The zero-order valence-electron chi connectivity index (χ0n) is 11.0. The summed E-state index contributed by atoms with van der Waals surface area (Å²) in [4.78, 5) is 10.4. The van der Waals surface area contributed by atoms with Gasteiger partial charge in [-0.05, 0) is 24.6 Å². The number of rotatable bonds is 6. The van der Waals surface area contributed by atoms with Gasteiger partial charge in [0.25, 0.3) is 0 Å². The van der Waals surface area contributed by atoms with E-state index >= 15 is 0 Å². The van der Waals surface area contributed by atoms with Gasteiger partial charge in [-0.1, -0.05) is 0 Å². The lowest BCUT2D eigenvalue weighted by molar-refractivity contribution is -0.134. The van der Waals surface area contributed by atoms with E-state index in [0.717, 1.165) is 18.2 Å². The van der Waals surface area contributed by atoms with Crippen LogP contribution in [-0.2, 0) is 9.84 Å². The third-order valence-corrected chi connectivity index (χ3v) is 4.43. The molecule has 21 heavy (non-hydrogen) atoms. The minimum Gasteiger partial charge on any atom is -0.495 e. The molecule has 0 aliphatic carbocycles. The molecule has 0 spiro atoms. The first-order chi connectivity index (χ1) is 9.57. The number of sulfone groups is 1. The number of carbonyl (C=O) groups is 1.